The molecule has 6 heteroatoms. The Morgan fingerprint density at radius 1 is 0.808 bits per heavy atom. The standard InChI is InChI=1S/C20H18N2O2S2/c1-25(18-13-7-3-8-14-18)22-26(24,19-15-9-4-10-16-19)21-20(23)17-11-5-2-6-12-17/h2-16H,1H3. The van der Waals surface area contributed by atoms with Crippen LogP contribution in [0.15, 0.2) is 109 Å². The molecule has 4 nitrogen and oxygen atoms in total. The maximum absolute atomic E-state index is 13.6. The number of amides is 1. The quantitative estimate of drug-likeness (QED) is 0.653. The Labute approximate surface area is 156 Å². The number of hydrogen-bond donors (Lipinski definition) is 0. The average Bonchev–Trinajstić information content (AvgIpc) is 2.70. The van der Waals surface area contributed by atoms with E-state index in [4.69, 9.17) is 0 Å². The molecule has 0 fully saturated rings. The fraction of sp³-hybridized carbons (Fsp3) is 0.0500. The minimum absolute atomic E-state index is 0.391. The summed E-state index contributed by atoms with van der Waals surface area (Å²) in [5, 5.41) is 0. The molecule has 3 aromatic rings. The Morgan fingerprint density at radius 3 is 1.88 bits per heavy atom. The molecule has 0 N–H and O–H groups in total. The van der Waals surface area contributed by atoms with Crippen LogP contribution in [0.1, 0.15) is 10.4 Å². The van der Waals surface area contributed by atoms with E-state index >= 15 is 0 Å². The van der Waals surface area contributed by atoms with Crippen LogP contribution in [0.25, 0.3) is 0 Å². The normalized spacial score (nSPS) is 14.3. The first-order chi connectivity index (χ1) is 12.6. The van der Waals surface area contributed by atoms with Gasteiger partial charge in [0.2, 0.25) is 0 Å². The van der Waals surface area contributed by atoms with Crippen LogP contribution in [0.4, 0.5) is 0 Å². The Kier molecular flexibility index (Phi) is 5.75. The van der Waals surface area contributed by atoms with E-state index in [1.165, 1.54) is 0 Å². The molecule has 0 saturated carbocycles. The van der Waals surface area contributed by atoms with Gasteiger partial charge >= 0.3 is 0 Å². The summed E-state index contributed by atoms with van der Waals surface area (Å²) in [5.41, 5.74) is 0.391. The molecule has 2 atom stereocenters. The fourth-order valence-corrected chi connectivity index (χ4v) is 5.80. The third kappa shape index (κ3) is 4.33. The second kappa shape index (κ2) is 8.21. The van der Waals surface area contributed by atoms with Gasteiger partial charge in [-0.05, 0) is 42.7 Å². The molecule has 0 spiro atoms. The van der Waals surface area contributed by atoms with Crippen LogP contribution in [0, 0.1) is 0 Å². The lowest BCUT2D eigenvalue weighted by Crippen LogP contribution is -2.05. The molecule has 0 aliphatic rings. The number of rotatable bonds is 4. The Balaban J connectivity index is 2.14. The van der Waals surface area contributed by atoms with Crippen molar-refractivity contribution in [3.8, 4) is 0 Å². The average molecular weight is 383 g/mol. The molecule has 26 heavy (non-hydrogen) atoms. The van der Waals surface area contributed by atoms with E-state index in [0.29, 0.717) is 10.5 Å². The molecule has 0 bridgehead atoms. The summed E-state index contributed by atoms with van der Waals surface area (Å²) in [5.74, 6) is -0.534. The van der Waals surface area contributed by atoms with Gasteiger partial charge in [0.1, 0.15) is 0 Å². The van der Waals surface area contributed by atoms with Crippen LogP contribution in [0.5, 0.6) is 0 Å². The third-order valence-corrected chi connectivity index (χ3v) is 7.53. The van der Waals surface area contributed by atoms with Crippen molar-refractivity contribution in [3.05, 3.63) is 96.6 Å². The summed E-state index contributed by atoms with van der Waals surface area (Å²) in [6, 6.07) is 26.9. The smallest absolute Gasteiger partial charge is 0.266 e. The number of nitrogens with zero attached hydrogens (tertiary/aromatic N) is 2. The van der Waals surface area contributed by atoms with Gasteiger partial charge in [0.05, 0.1) is 4.90 Å². The lowest BCUT2D eigenvalue weighted by molar-refractivity contribution is 0.100. The molecular weight excluding hydrogens is 364 g/mol. The van der Waals surface area contributed by atoms with Crippen LogP contribution in [-0.2, 0) is 20.6 Å². The van der Waals surface area contributed by atoms with Gasteiger partial charge in [-0.15, -0.1) is 8.13 Å². The molecule has 3 aromatic carbocycles. The first-order valence-electron chi connectivity index (χ1n) is 7.94. The molecule has 0 aliphatic heterocycles. The Bertz CT molecular complexity index is 1040. The van der Waals surface area contributed by atoms with E-state index in [-0.39, 0.29) is 0 Å². The first kappa shape index (κ1) is 18.2. The molecule has 0 aromatic heterocycles. The third-order valence-electron chi connectivity index (χ3n) is 3.57. The van der Waals surface area contributed by atoms with Crippen LogP contribution in [0.2, 0.25) is 0 Å². The SMILES string of the molecule is CS(=NS(=O)(=NC(=O)c1ccccc1)c1ccccc1)c1ccccc1. The summed E-state index contributed by atoms with van der Waals surface area (Å²) in [6.07, 6.45) is 1.88. The van der Waals surface area contributed by atoms with Crippen molar-refractivity contribution in [1.82, 2.24) is 0 Å². The van der Waals surface area contributed by atoms with E-state index in [1.807, 2.05) is 48.7 Å². The highest BCUT2D eigenvalue weighted by molar-refractivity contribution is 8.01. The van der Waals surface area contributed by atoms with Gasteiger partial charge in [-0.25, -0.2) is 4.21 Å². The van der Waals surface area contributed by atoms with E-state index in [9.17, 15) is 9.00 Å². The van der Waals surface area contributed by atoms with Crippen molar-refractivity contribution < 1.29 is 9.00 Å². The van der Waals surface area contributed by atoms with Gasteiger partial charge < -0.3 is 0 Å². The number of carbonyl (C=O) groups is 1. The second-order valence-electron chi connectivity index (χ2n) is 5.44. The van der Waals surface area contributed by atoms with Gasteiger partial charge in [0.15, 0.2) is 9.92 Å². The highest BCUT2D eigenvalue weighted by atomic mass is 32.3. The van der Waals surface area contributed by atoms with E-state index in [0.717, 1.165) is 4.90 Å². The number of benzene rings is 3. The summed E-state index contributed by atoms with van der Waals surface area (Å²) >= 11 is 0. The Hall–Kier alpha value is -2.57. The van der Waals surface area contributed by atoms with Crippen molar-refractivity contribution >= 4 is 26.5 Å². The molecule has 0 radical (unpaired) electrons. The lowest BCUT2D eigenvalue weighted by atomic mass is 10.2. The zero-order valence-corrected chi connectivity index (χ0v) is 15.8. The lowest BCUT2D eigenvalue weighted by Gasteiger charge is -2.08. The first-order valence-corrected chi connectivity index (χ1v) is 11.0. The number of hydrogen-bond acceptors (Lipinski definition) is 2. The zero-order chi connectivity index (χ0) is 18.4. The predicted octanol–water partition coefficient (Wildman–Crippen LogP) is 4.76. The van der Waals surface area contributed by atoms with E-state index in [2.05, 4.69) is 8.13 Å². The number of carbonyl (C=O) groups excluding carboxylic acids is 1. The molecule has 1 amide bonds. The zero-order valence-electron chi connectivity index (χ0n) is 14.2. The van der Waals surface area contributed by atoms with Crippen molar-refractivity contribution in [1.29, 1.82) is 0 Å². The van der Waals surface area contributed by atoms with E-state index < -0.39 is 26.5 Å². The van der Waals surface area contributed by atoms with Crippen molar-refractivity contribution in [2.24, 2.45) is 8.13 Å². The molecule has 0 heterocycles. The van der Waals surface area contributed by atoms with Gasteiger partial charge in [-0.3, -0.25) is 4.79 Å². The molecular formula is C20H18N2O2S2. The van der Waals surface area contributed by atoms with Crippen LogP contribution >= 0.6 is 0 Å². The summed E-state index contributed by atoms with van der Waals surface area (Å²) in [4.78, 5) is 13.9. The molecule has 0 aliphatic carbocycles. The minimum Gasteiger partial charge on any atom is -0.266 e. The second-order valence-corrected chi connectivity index (χ2v) is 9.11. The highest BCUT2D eigenvalue weighted by Gasteiger charge is 2.16. The largest absolute Gasteiger partial charge is 0.286 e. The molecule has 132 valence electrons. The summed E-state index contributed by atoms with van der Waals surface area (Å²) < 4.78 is 22.1. The van der Waals surface area contributed by atoms with Gasteiger partial charge in [0, 0.05) is 10.5 Å². The van der Waals surface area contributed by atoms with Gasteiger partial charge in [0.25, 0.3) is 5.91 Å². The fourth-order valence-electron chi connectivity index (χ4n) is 2.27. The van der Waals surface area contributed by atoms with E-state index in [1.54, 1.807) is 48.5 Å². The van der Waals surface area contributed by atoms with Crippen LogP contribution in [0.3, 0.4) is 0 Å². The monoisotopic (exact) mass is 382 g/mol. The van der Waals surface area contributed by atoms with Crippen molar-refractivity contribution in [3.63, 3.8) is 0 Å². The van der Waals surface area contributed by atoms with Crippen LogP contribution < -0.4 is 0 Å². The minimum atomic E-state index is -3.25. The van der Waals surface area contributed by atoms with Gasteiger partial charge in [-0.1, -0.05) is 65.3 Å². The van der Waals surface area contributed by atoms with Crippen molar-refractivity contribution in [2.75, 3.05) is 6.26 Å². The maximum atomic E-state index is 13.6. The molecule has 3 rings (SSSR count). The highest BCUT2D eigenvalue weighted by Crippen LogP contribution is 2.20. The summed E-state index contributed by atoms with van der Waals surface area (Å²) in [6.45, 7) is 0. The Morgan fingerprint density at radius 2 is 1.31 bits per heavy atom. The maximum Gasteiger partial charge on any atom is 0.286 e. The van der Waals surface area contributed by atoms with Crippen LogP contribution in [-0.4, -0.2) is 16.4 Å². The topological polar surface area (TPSA) is 58.9 Å². The molecule has 0 saturated heterocycles. The molecule has 2 unspecified atom stereocenters. The summed E-state index contributed by atoms with van der Waals surface area (Å²) in [7, 11) is -3.92. The predicted molar refractivity (Wildman–Crippen MR) is 106 cm³/mol. The van der Waals surface area contributed by atoms with Crippen molar-refractivity contribution in [2.45, 2.75) is 9.79 Å². The van der Waals surface area contributed by atoms with Gasteiger partial charge in [-0.2, -0.15) is 0 Å².